The van der Waals surface area contributed by atoms with Crippen molar-refractivity contribution in [2.75, 3.05) is 11.9 Å². The van der Waals surface area contributed by atoms with Crippen LogP contribution in [0.15, 0.2) is 72.8 Å². The number of ether oxygens (including phenoxy) is 1. The molecule has 0 unspecified atom stereocenters. The molecule has 0 spiro atoms. The molecular weight excluding hydrogens is 362 g/mol. The predicted octanol–water partition coefficient (Wildman–Crippen LogP) is 4.57. The Kier molecular flexibility index (Phi) is 5.71. The number of nitrogens with one attached hydrogen (secondary N) is 1. The molecule has 0 fully saturated rings. The molecule has 0 radical (unpaired) electrons. The first-order valence-electron chi connectivity index (χ1n) is 9.89. The first-order chi connectivity index (χ1) is 14.2. The van der Waals surface area contributed by atoms with Crippen molar-refractivity contribution >= 4 is 17.6 Å². The Morgan fingerprint density at radius 1 is 0.828 bits per heavy atom. The van der Waals surface area contributed by atoms with Crippen LogP contribution < -0.4 is 5.32 Å². The number of aryl methyl sites for hydroxylation is 2. The fourth-order valence-corrected chi connectivity index (χ4v) is 3.66. The number of rotatable bonds is 6. The van der Waals surface area contributed by atoms with Gasteiger partial charge in [0, 0.05) is 5.69 Å². The van der Waals surface area contributed by atoms with Crippen LogP contribution in [0.1, 0.15) is 23.1 Å². The van der Waals surface area contributed by atoms with Crippen molar-refractivity contribution in [2.45, 2.75) is 25.7 Å². The summed E-state index contributed by atoms with van der Waals surface area (Å²) in [4.78, 5) is 24.2. The topological polar surface area (TPSA) is 55.4 Å². The zero-order valence-electron chi connectivity index (χ0n) is 16.2. The van der Waals surface area contributed by atoms with Gasteiger partial charge < -0.3 is 10.1 Å². The number of amides is 1. The smallest absolute Gasteiger partial charge is 0.310 e. The first kappa shape index (κ1) is 18.9. The summed E-state index contributed by atoms with van der Waals surface area (Å²) in [6.07, 6.45) is 3.46. The molecule has 1 aliphatic rings. The van der Waals surface area contributed by atoms with Crippen molar-refractivity contribution in [3.63, 3.8) is 0 Å². The molecule has 3 aromatic rings. The normalized spacial score (nSPS) is 12.3. The van der Waals surface area contributed by atoms with Gasteiger partial charge in [-0.25, -0.2) is 0 Å². The molecular formula is C25H23NO3. The number of hydrogen-bond acceptors (Lipinski definition) is 3. The van der Waals surface area contributed by atoms with Crippen LogP contribution in [0, 0.1) is 0 Å². The molecule has 0 bridgehead atoms. The number of esters is 1. The number of carbonyl (C=O) groups excluding carboxylic acids is 2. The lowest BCUT2D eigenvalue weighted by molar-refractivity contribution is -0.146. The van der Waals surface area contributed by atoms with E-state index >= 15 is 0 Å². The van der Waals surface area contributed by atoms with Crippen LogP contribution in [-0.2, 0) is 33.6 Å². The zero-order chi connectivity index (χ0) is 20.1. The van der Waals surface area contributed by atoms with Gasteiger partial charge >= 0.3 is 5.97 Å². The van der Waals surface area contributed by atoms with Gasteiger partial charge in [0.1, 0.15) is 0 Å². The Balaban J connectivity index is 1.26. The lowest BCUT2D eigenvalue weighted by Gasteiger charge is -2.09. The molecule has 1 aliphatic carbocycles. The standard InChI is InChI=1S/C25H23NO3/c27-24(26-23-14-13-20-7-4-8-22(20)16-23)17-29-25(28)15-18-9-11-21(12-10-18)19-5-2-1-3-6-19/h1-3,5-6,9-14,16H,4,7-8,15,17H2,(H,26,27). The Hall–Kier alpha value is -3.40. The molecule has 0 aliphatic heterocycles. The number of hydrogen-bond donors (Lipinski definition) is 1. The van der Waals surface area contributed by atoms with E-state index < -0.39 is 5.97 Å². The first-order valence-corrected chi connectivity index (χ1v) is 9.89. The summed E-state index contributed by atoms with van der Waals surface area (Å²) in [7, 11) is 0. The fourth-order valence-electron chi connectivity index (χ4n) is 3.66. The van der Waals surface area contributed by atoms with Crippen molar-refractivity contribution in [1.29, 1.82) is 0 Å². The van der Waals surface area contributed by atoms with Gasteiger partial charge in [-0.2, -0.15) is 0 Å². The van der Waals surface area contributed by atoms with Gasteiger partial charge in [0.25, 0.3) is 5.91 Å². The van der Waals surface area contributed by atoms with Gasteiger partial charge in [-0.15, -0.1) is 0 Å². The largest absolute Gasteiger partial charge is 0.455 e. The van der Waals surface area contributed by atoms with Gasteiger partial charge in [-0.3, -0.25) is 9.59 Å². The maximum Gasteiger partial charge on any atom is 0.310 e. The minimum atomic E-state index is -0.415. The number of fused-ring (bicyclic) bond motifs is 1. The second-order valence-corrected chi connectivity index (χ2v) is 7.29. The van der Waals surface area contributed by atoms with Crippen molar-refractivity contribution in [2.24, 2.45) is 0 Å². The third-order valence-corrected chi connectivity index (χ3v) is 5.16. The van der Waals surface area contributed by atoms with Crippen LogP contribution in [-0.4, -0.2) is 18.5 Å². The van der Waals surface area contributed by atoms with Gasteiger partial charge in [-0.1, -0.05) is 60.7 Å². The molecule has 4 heteroatoms. The zero-order valence-corrected chi connectivity index (χ0v) is 16.2. The lowest BCUT2D eigenvalue weighted by Crippen LogP contribution is -2.21. The highest BCUT2D eigenvalue weighted by Gasteiger charge is 2.13. The van der Waals surface area contributed by atoms with Gasteiger partial charge in [-0.05, 0) is 59.2 Å². The van der Waals surface area contributed by atoms with E-state index in [-0.39, 0.29) is 18.9 Å². The molecule has 0 saturated carbocycles. The molecule has 0 heterocycles. The number of anilines is 1. The molecule has 4 rings (SSSR count). The minimum Gasteiger partial charge on any atom is -0.455 e. The van der Waals surface area contributed by atoms with Gasteiger partial charge in [0.05, 0.1) is 6.42 Å². The Bertz CT molecular complexity index is 1010. The highest BCUT2D eigenvalue weighted by Crippen LogP contribution is 2.25. The van der Waals surface area contributed by atoms with Crippen molar-refractivity contribution in [1.82, 2.24) is 0 Å². The minimum absolute atomic E-state index is 0.140. The molecule has 0 saturated heterocycles. The summed E-state index contributed by atoms with van der Waals surface area (Å²) in [6.45, 7) is -0.280. The van der Waals surface area contributed by atoms with E-state index in [1.165, 1.54) is 11.1 Å². The van der Waals surface area contributed by atoms with E-state index in [9.17, 15) is 9.59 Å². The van der Waals surface area contributed by atoms with Crippen LogP contribution in [0.2, 0.25) is 0 Å². The molecule has 0 atom stereocenters. The Morgan fingerprint density at radius 2 is 1.55 bits per heavy atom. The average Bonchev–Trinajstić information content (AvgIpc) is 3.21. The summed E-state index contributed by atoms with van der Waals surface area (Å²) in [5, 5.41) is 2.80. The van der Waals surface area contributed by atoms with E-state index in [1.807, 2.05) is 66.7 Å². The van der Waals surface area contributed by atoms with E-state index in [0.717, 1.165) is 41.6 Å². The van der Waals surface area contributed by atoms with E-state index in [2.05, 4.69) is 11.4 Å². The second-order valence-electron chi connectivity index (χ2n) is 7.29. The van der Waals surface area contributed by atoms with Crippen LogP contribution in [0.5, 0.6) is 0 Å². The summed E-state index contributed by atoms with van der Waals surface area (Å²) in [6, 6.07) is 23.8. The number of carbonyl (C=O) groups is 2. The van der Waals surface area contributed by atoms with Crippen LogP contribution in [0.25, 0.3) is 11.1 Å². The average molecular weight is 385 g/mol. The third-order valence-electron chi connectivity index (χ3n) is 5.16. The third kappa shape index (κ3) is 4.91. The van der Waals surface area contributed by atoms with Crippen LogP contribution in [0.3, 0.4) is 0 Å². The fraction of sp³-hybridized carbons (Fsp3) is 0.200. The van der Waals surface area contributed by atoms with E-state index in [4.69, 9.17) is 4.74 Å². The maximum absolute atomic E-state index is 12.1. The molecule has 1 amide bonds. The molecule has 4 nitrogen and oxygen atoms in total. The van der Waals surface area contributed by atoms with Crippen molar-refractivity contribution in [3.8, 4) is 11.1 Å². The van der Waals surface area contributed by atoms with Gasteiger partial charge in [0.15, 0.2) is 6.61 Å². The van der Waals surface area contributed by atoms with Crippen molar-refractivity contribution in [3.05, 3.63) is 89.5 Å². The quantitative estimate of drug-likeness (QED) is 0.633. The summed E-state index contributed by atoms with van der Waals surface area (Å²) < 4.78 is 5.14. The van der Waals surface area contributed by atoms with Crippen LogP contribution in [0.4, 0.5) is 5.69 Å². The molecule has 1 N–H and O–H groups in total. The number of benzene rings is 3. The molecule has 0 aromatic heterocycles. The monoisotopic (exact) mass is 385 g/mol. The SMILES string of the molecule is O=C(COC(=O)Cc1ccc(-c2ccccc2)cc1)Nc1ccc2c(c1)CCC2. The molecule has 146 valence electrons. The lowest BCUT2D eigenvalue weighted by atomic mass is 10.0. The van der Waals surface area contributed by atoms with E-state index in [1.54, 1.807) is 0 Å². The molecule has 3 aromatic carbocycles. The summed E-state index contributed by atoms with van der Waals surface area (Å²) in [5.74, 6) is -0.739. The highest BCUT2D eigenvalue weighted by atomic mass is 16.5. The Labute approximate surface area is 170 Å². The van der Waals surface area contributed by atoms with Crippen molar-refractivity contribution < 1.29 is 14.3 Å². The van der Waals surface area contributed by atoms with Gasteiger partial charge in [0.2, 0.25) is 0 Å². The maximum atomic E-state index is 12.1. The van der Waals surface area contributed by atoms with Crippen LogP contribution >= 0.6 is 0 Å². The van der Waals surface area contributed by atoms with E-state index in [0.29, 0.717) is 0 Å². The summed E-state index contributed by atoms with van der Waals surface area (Å²) >= 11 is 0. The predicted molar refractivity (Wildman–Crippen MR) is 114 cm³/mol. The highest BCUT2D eigenvalue weighted by molar-refractivity contribution is 5.93. The summed E-state index contributed by atoms with van der Waals surface area (Å²) in [5.41, 5.74) is 6.48. The Morgan fingerprint density at radius 3 is 2.34 bits per heavy atom. The molecule has 29 heavy (non-hydrogen) atoms. The second kappa shape index (κ2) is 8.74.